The summed E-state index contributed by atoms with van der Waals surface area (Å²) in [4.78, 5) is 45.5. The van der Waals surface area contributed by atoms with Gasteiger partial charge < -0.3 is 19.5 Å². The van der Waals surface area contributed by atoms with E-state index in [0.29, 0.717) is 38.4 Å². The van der Waals surface area contributed by atoms with Gasteiger partial charge in [0.1, 0.15) is 23.1 Å². The van der Waals surface area contributed by atoms with E-state index in [4.69, 9.17) is 9.72 Å². The van der Waals surface area contributed by atoms with Gasteiger partial charge in [-0.25, -0.2) is 9.97 Å². The number of hydrogen-bond donors (Lipinski definition) is 1. The van der Waals surface area contributed by atoms with E-state index >= 15 is 0 Å². The predicted octanol–water partition coefficient (Wildman–Crippen LogP) is 2.27. The number of rotatable bonds is 5. The number of aromatic nitrogens is 4. The van der Waals surface area contributed by atoms with Crippen LogP contribution in [0.5, 0.6) is 5.75 Å². The lowest BCUT2D eigenvalue weighted by atomic mass is 10.1. The van der Waals surface area contributed by atoms with Crippen molar-refractivity contribution in [2.24, 2.45) is 0 Å². The maximum absolute atomic E-state index is 13.1. The Bertz CT molecular complexity index is 1380. The molecule has 1 amide bonds. The lowest BCUT2D eigenvalue weighted by Gasteiger charge is -2.35. The molecule has 0 spiro atoms. The maximum Gasteiger partial charge on any atom is 0.272 e. The van der Waals surface area contributed by atoms with Crippen LogP contribution >= 0.6 is 0 Å². The van der Waals surface area contributed by atoms with Crippen molar-refractivity contribution in [2.45, 2.75) is 6.42 Å². The van der Waals surface area contributed by atoms with E-state index in [9.17, 15) is 9.59 Å². The monoisotopic (exact) mass is 456 g/mol. The highest BCUT2D eigenvalue weighted by molar-refractivity contribution is 5.92. The Balaban J connectivity index is 1.27. The largest absolute Gasteiger partial charge is 0.497 e. The van der Waals surface area contributed by atoms with Gasteiger partial charge in [0.05, 0.1) is 24.3 Å². The van der Waals surface area contributed by atoms with E-state index < -0.39 is 0 Å². The molecule has 9 nitrogen and oxygen atoms in total. The quantitative estimate of drug-likeness (QED) is 0.491. The number of H-pyrrole nitrogens is 1. The standard InChI is InChI=1S/C25H24N6O3/c1-34-18-8-6-17(7-9-18)14-22-27-21(15-24(32)29-22)25(33)31-12-10-30(11-13-31)23-16-26-19-4-2-3-5-20(19)28-23/h2-9,15-16H,10-14H2,1H3,(H,27,29,32). The van der Waals surface area contributed by atoms with Gasteiger partial charge in [-0.1, -0.05) is 24.3 Å². The summed E-state index contributed by atoms with van der Waals surface area (Å²) in [5, 5.41) is 0. The van der Waals surface area contributed by atoms with Crippen molar-refractivity contribution in [2.75, 3.05) is 38.2 Å². The molecule has 0 aliphatic carbocycles. The second kappa shape index (κ2) is 9.30. The number of para-hydroxylation sites is 2. The zero-order valence-corrected chi connectivity index (χ0v) is 18.8. The lowest BCUT2D eigenvalue weighted by Crippen LogP contribution is -2.49. The molecular weight excluding hydrogens is 432 g/mol. The number of aromatic amines is 1. The second-order valence-corrected chi connectivity index (χ2v) is 8.10. The third kappa shape index (κ3) is 4.59. The number of amides is 1. The van der Waals surface area contributed by atoms with Crippen LogP contribution in [-0.2, 0) is 6.42 Å². The SMILES string of the molecule is COc1ccc(Cc2nc(C(=O)N3CCN(c4cnc5ccccc5n4)CC3)cc(=O)[nH]2)cc1. The van der Waals surface area contributed by atoms with E-state index in [1.165, 1.54) is 6.07 Å². The average Bonchev–Trinajstić information content (AvgIpc) is 2.88. The van der Waals surface area contributed by atoms with Crippen molar-refractivity contribution < 1.29 is 9.53 Å². The number of methoxy groups -OCH3 is 1. The van der Waals surface area contributed by atoms with Gasteiger partial charge in [-0.3, -0.25) is 14.6 Å². The van der Waals surface area contributed by atoms with Gasteiger partial charge in [0.2, 0.25) is 0 Å². The van der Waals surface area contributed by atoms with Gasteiger partial charge in [0.25, 0.3) is 11.5 Å². The highest BCUT2D eigenvalue weighted by Crippen LogP contribution is 2.18. The van der Waals surface area contributed by atoms with E-state index in [0.717, 1.165) is 28.2 Å². The number of anilines is 1. The molecule has 0 saturated carbocycles. The fraction of sp³-hybridized carbons (Fsp3) is 0.240. The molecule has 1 fully saturated rings. The summed E-state index contributed by atoms with van der Waals surface area (Å²) in [5.41, 5.74) is 2.47. The Morgan fingerprint density at radius 1 is 1.00 bits per heavy atom. The molecule has 9 heteroatoms. The summed E-state index contributed by atoms with van der Waals surface area (Å²) in [6.45, 7) is 2.27. The van der Waals surface area contributed by atoms with Crippen LogP contribution in [0.1, 0.15) is 21.9 Å². The molecule has 1 aliphatic rings. The van der Waals surface area contributed by atoms with Crippen molar-refractivity contribution in [3.05, 3.63) is 88.2 Å². The molecule has 2 aromatic carbocycles. The Hall–Kier alpha value is -4.27. The molecule has 0 atom stereocenters. The third-order valence-electron chi connectivity index (χ3n) is 5.87. The molecule has 0 radical (unpaired) electrons. The van der Waals surface area contributed by atoms with Crippen molar-refractivity contribution >= 4 is 22.8 Å². The number of piperazine rings is 1. The van der Waals surface area contributed by atoms with Crippen molar-refractivity contribution in [3.8, 4) is 5.75 Å². The summed E-state index contributed by atoms with van der Waals surface area (Å²) >= 11 is 0. The predicted molar refractivity (Wildman–Crippen MR) is 128 cm³/mol. The fourth-order valence-corrected chi connectivity index (χ4v) is 4.04. The Labute approximate surface area is 196 Å². The van der Waals surface area contributed by atoms with Crippen molar-refractivity contribution in [1.82, 2.24) is 24.8 Å². The van der Waals surface area contributed by atoms with E-state index in [2.05, 4.69) is 19.9 Å². The number of carbonyl (C=O) groups excluding carboxylic acids is 1. The van der Waals surface area contributed by atoms with Crippen LogP contribution in [0.25, 0.3) is 11.0 Å². The zero-order valence-electron chi connectivity index (χ0n) is 18.8. The normalized spacial score (nSPS) is 13.8. The summed E-state index contributed by atoms with van der Waals surface area (Å²) < 4.78 is 5.18. The van der Waals surface area contributed by atoms with Gasteiger partial charge >= 0.3 is 0 Å². The molecule has 1 aliphatic heterocycles. The first kappa shape index (κ1) is 21.6. The van der Waals surface area contributed by atoms with Gasteiger partial charge in [-0.05, 0) is 29.8 Å². The van der Waals surface area contributed by atoms with Crippen LogP contribution in [0.15, 0.2) is 65.6 Å². The van der Waals surface area contributed by atoms with Gasteiger partial charge in [0, 0.05) is 38.7 Å². The molecule has 1 N–H and O–H groups in total. The molecule has 4 aromatic rings. The Morgan fingerprint density at radius 2 is 1.74 bits per heavy atom. The van der Waals surface area contributed by atoms with Crippen LogP contribution in [-0.4, -0.2) is 64.0 Å². The van der Waals surface area contributed by atoms with E-state index in [-0.39, 0.29) is 17.2 Å². The number of fused-ring (bicyclic) bond motifs is 1. The molecular formula is C25H24N6O3. The first-order valence-corrected chi connectivity index (χ1v) is 11.1. The zero-order chi connectivity index (χ0) is 23.5. The van der Waals surface area contributed by atoms with Crippen molar-refractivity contribution in [1.29, 1.82) is 0 Å². The molecule has 0 bridgehead atoms. The summed E-state index contributed by atoms with van der Waals surface area (Å²) in [7, 11) is 1.61. The highest BCUT2D eigenvalue weighted by atomic mass is 16.5. The summed E-state index contributed by atoms with van der Waals surface area (Å²) in [5.74, 6) is 1.75. The average molecular weight is 457 g/mol. The first-order valence-electron chi connectivity index (χ1n) is 11.1. The Kier molecular flexibility index (Phi) is 5.90. The Morgan fingerprint density at radius 3 is 2.47 bits per heavy atom. The summed E-state index contributed by atoms with van der Waals surface area (Å²) in [6, 6.07) is 16.5. The first-order chi connectivity index (χ1) is 16.6. The van der Waals surface area contributed by atoms with E-state index in [1.807, 2.05) is 48.5 Å². The van der Waals surface area contributed by atoms with Crippen LogP contribution in [0.4, 0.5) is 5.82 Å². The molecule has 1 saturated heterocycles. The van der Waals surface area contributed by atoms with Gasteiger partial charge in [-0.15, -0.1) is 0 Å². The number of ether oxygens (including phenoxy) is 1. The van der Waals surface area contributed by atoms with Crippen LogP contribution in [0.2, 0.25) is 0 Å². The highest BCUT2D eigenvalue weighted by Gasteiger charge is 2.24. The fourth-order valence-electron chi connectivity index (χ4n) is 4.04. The smallest absolute Gasteiger partial charge is 0.272 e. The summed E-state index contributed by atoms with van der Waals surface area (Å²) in [6.07, 6.45) is 2.18. The van der Waals surface area contributed by atoms with Crippen LogP contribution in [0, 0.1) is 0 Å². The third-order valence-corrected chi connectivity index (χ3v) is 5.87. The number of nitrogens with zero attached hydrogens (tertiary/aromatic N) is 5. The number of nitrogens with one attached hydrogen (secondary N) is 1. The topological polar surface area (TPSA) is 104 Å². The number of carbonyl (C=O) groups is 1. The minimum absolute atomic E-state index is 0.159. The van der Waals surface area contributed by atoms with Gasteiger partial charge in [-0.2, -0.15) is 0 Å². The molecule has 0 unspecified atom stereocenters. The minimum atomic E-state index is -0.341. The molecule has 2 aromatic heterocycles. The maximum atomic E-state index is 13.1. The van der Waals surface area contributed by atoms with Gasteiger partial charge in [0.15, 0.2) is 0 Å². The lowest BCUT2D eigenvalue weighted by molar-refractivity contribution is 0.0740. The number of benzene rings is 2. The minimum Gasteiger partial charge on any atom is -0.497 e. The van der Waals surface area contributed by atoms with Crippen LogP contribution < -0.4 is 15.2 Å². The van der Waals surface area contributed by atoms with E-state index in [1.54, 1.807) is 18.2 Å². The molecule has 5 rings (SSSR count). The second-order valence-electron chi connectivity index (χ2n) is 8.10. The van der Waals surface area contributed by atoms with Crippen molar-refractivity contribution in [3.63, 3.8) is 0 Å². The molecule has 34 heavy (non-hydrogen) atoms. The molecule has 172 valence electrons. The number of hydrogen-bond acceptors (Lipinski definition) is 7. The van der Waals surface area contributed by atoms with Crippen LogP contribution in [0.3, 0.4) is 0 Å². The molecule has 3 heterocycles.